The van der Waals surface area contributed by atoms with Crippen LogP contribution < -0.4 is 11.1 Å². The molecule has 0 aliphatic rings. The lowest BCUT2D eigenvalue weighted by atomic mass is 10.7. The van der Waals surface area contributed by atoms with Crippen LogP contribution in [-0.2, 0) is 0 Å². The molecule has 0 aromatic carbocycles. The first-order valence-electron chi connectivity index (χ1n) is 3.22. The molecule has 0 rings (SSSR count). The van der Waals surface area contributed by atoms with E-state index in [1.54, 1.807) is 0 Å². The molecule has 0 atom stereocenters. The van der Waals surface area contributed by atoms with Gasteiger partial charge in [-0.25, -0.2) is 4.79 Å². The molecule has 0 aromatic heterocycles. The van der Waals surface area contributed by atoms with Crippen molar-refractivity contribution in [1.82, 2.24) is 5.32 Å². The Morgan fingerprint density at radius 1 is 1.55 bits per heavy atom. The number of primary amides is 1. The summed E-state index contributed by atoms with van der Waals surface area (Å²) in [6, 6.07) is -0.495. The van der Waals surface area contributed by atoms with Crippen molar-refractivity contribution in [3.63, 3.8) is 0 Å². The molecule has 0 heterocycles. The number of carbonyl (C=O) groups is 1. The van der Waals surface area contributed by atoms with Crippen LogP contribution >= 0.6 is 0 Å². The molecule has 0 bridgehead atoms. The zero-order chi connectivity index (χ0) is 9.49. The van der Waals surface area contributed by atoms with E-state index < -0.39 is 6.03 Å². The van der Waals surface area contributed by atoms with Gasteiger partial charge >= 0.3 is 6.03 Å². The van der Waals surface area contributed by atoms with Crippen LogP contribution in [-0.4, -0.2) is 50.5 Å². The van der Waals surface area contributed by atoms with Gasteiger partial charge < -0.3 is 20.6 Å². The summed E-state index contributed by atoms with van der Waals surface area (Å²) < 4.78 is 0.625. The first-order valence-corrected chi connectivity index (χ1v) is 3.22. The molecule has 0 spiro atoms. The summed E-state index contributed by atoms with van der Waals surface area (Å²) in [6.07, 6.45) is 0. The lowest BCUT2D eigenvalue weighted by molar-refractivity contribution is -0.889. The molecular weight excluding hydrogens is 146 g/mol. The van der Waals surface area contributed by atoms with E-state index in [1.165, 1.54) is 7.05 Å². The van der Waals surface area contributed by atoms with E-state index in [1.807, 2.05) is 21.1 Å². The second-order valence-electron chi connectivity index (χ2n) is 3.05. The maximum absolute atomic E-state index is 9.48. The Morgan fingerprint density at radius 3 is 1.73 bits per heavy atom. The summed E-state index contributed by atoms with van der Waals surface area (Å²) in [5, 5.41) is 10.5. The zero-order valence-corrected chi connectivity index (χ0v) is 7.59. The van der Waals surface area contributed by atoms with Crippen molar-refractivity contribution in [3.8, 4) is 0 Å². The molecule has 68 valence electrons. The third kappa shape index (κ3) is 27.1. The van der Waals surface area contributed by atoms with Gasteiger partial charge in [0.2, 0.25) is 0 Å². The summed E-state index contributed by atoms with van der Waals surface area (Å²) in [6.45, 7) is 0.208. The van der Waals surface area contributed by atoms with Crippen LogP contribution in [0, 0.1) is 0 Å². The molecule has 4 N–H and O–H groups in total. The van der Waals surface area contributed by atoms with E-state index in [0.29, 0.717) is 4.48 Å². The SMILES string of the molecule is CNC(N)=O.C[N+](C)(C)CO. The van der Waals surface area contributed by atoms with Crippen molar-refractivity contribution >= 4 is 6.03 Å². The van der Waals surface area contributed by atoms with Crippen LogP contribution in [0.15, 0.2) is 0 Å². The molecular formula is C6H18N3O2+. The Bertz CT molecular complexity index is 109. The second kappa shape index (κ2) is 5.94. The van der Waals surface area contributed by atoms with Gasteiger partial charge in [0.15, 0.2) is 6.73 Å². The third-order valence-corrected chi connectivity index (χ3v) is 0.671. The Hall–Kier alpha value is -0.810. The number of quaternary nitrogens is 1. The molecule has 5 nitrogen and oxygen atoms in total. The summed E-state index contributed by atoms with van der Waals surface area (Å²) in [5.74, 6) is 0. The van der Waals surface area contributed by atoms with E-state index in [0.717, 1.165) is 0 Å². The van der Waals surface area contributed by atoms with Gasteiger partial charge in [-0.05, 0) is 0 Å². The number of aliphatic hydroxyl groups is 1. The fourth-order valence-electron chi connectivity index (χ4n) is 0. The number of amides is 2. The average molecular weight is 164 g/mol. The molecule has 0 saturated carbocycles. The molecule has 0 radical (unpaired) electrons. The van der Waals surface area contributed by atoms with Crippen LogP contribution in [0.25, 0.3) is 0 Å². The molecule has 11 heavy (non-hydrogen) atoms. The van der Waals surface area contributed by atoms with Crippen LogP contribution in [0.3, 0.4) is 0 Å². The fraction of sp³-hybridized carbons (Fsp3) is 0.833. The van der Waals surface area contributed by atoms with Crippen molar-refractivity contribution in [2.24, 2.45) is 5.73 Å². The molecule has 0 fully saturated rings. The molecule has 0 aliphatic heterocycles. The highest BCUT2D eigenvalue weighted by atomic mass is 16.3. The van der Waals surface area contributed by atoms with Crippen molar-refractivity contribution in [3.05, 3.63) is 0 Å². The minimum absolute atomic E-state index is 0.208. The predicted molar refractivity (Wildman–Crippen MR) is 43.8 cm³/mol. The summed E-state index contributed by atoms with van der Waals surface area (Å²) in [7, 11) is 7.27. The maximum atomic E-state index is 9.48. The number of nitrogens with zero attached hydrogens (tertiary/aromatic N) is 1. The number of nitrogens with two attached hydrogens (primary N) is 1. The van der Waals surface area contributed by atoms with E-state index in [2.05, 4.69) is 11.1 Å². The number of nitrogens with one attached hydrogen (secondary N) is 1. The van der Waals surface area contributed by atoms with Gasteiger partial charge in [0, 0.05) is 7.05 Å². The lowest BCUT2D eigenvalue weighted by Gasteiger charge is -2.19. The van der Waals surface area contributed by atoms with Gasteiger partial charge in [0.05, 0.1) is 21.1 Å². The van der Waals surface area contributed by atoms with Gasteiger partial charge in [0.25, 0.3) is 0 Å². The molecule has 0 aliphatic carbocycles. The highest BCUT2D eigenvalue weighted by Gasteiger charge is 1.99. The number of aliphatic hydroxyl groups excluding tert-OH is 1. The number of carbonyl (C=O) groups excluding carboxylic acids is 1. The Balaban J connectivity index is 0. The monoisotopic (exact) mass is 164 g/mol. The average Bonchev–Trinajstić information content (AvgIpc) is 1.88. The maximum Gasteiger partial charge on any atom is 0.311 e. The quantitative estimate of drug-likeness (QED) is 0.341. The topological polar surface area (TPSA) is 75.3 Å². The van der Waals surface area contributed by atoms with E-state index >= 15 is 0 Å². The third-order valence-electron chi connectivity index (χ3n) is 0.671. The van der Waals surface area contributed by atoms with Crippen LogP contribution in [0.2, 0.25) is 0 Å². The minimum atomic E-state index is -0.495. The Labute approximate surface area is 67.4 Å². The predicted octanol–water partition coefficient (Wildman–Crippen LogP) is -1.07. The Morgan fingerprint density at radius 2 is 1.73 bits per heavy atom. The van der Waals surface area contributed by atoms with Crippen molar-refractivity contribution in [2.75, 3.05) is 34.9 Å². The summed E-state index contributed by atoms with van der Waals surface area (Å²) in [5.41, 5.74) is 4.54. The summed E-state index contributed by atoms with van der Waals surface area (Å²) in [4.78, 5) is 9.48. The first-order chi connectivity index (χ1) is 4.83. The smallest absolute Gasteiger partial charge is 0.311 e. The number of urea groups is 1. The Kier molecular flexibility index (Phi) is 6.92. The van der Waals surface area contributed by atoms with Crippen molar-refractivity contribution < 1.29 is 14.4 Å². The molecule has 5 heteroatoms. The van der Waals surface area contributed by atoms with Gasteiger partial charge in [-0.15, -0.1) is 0 Å². The van der Waals surface area contributed by atoms with E-state index in [4.69, 9.17) is 5.11 Å². The fourth-order valence-corrected chi connectivity index (χ4v) is 0. The lowest BCUT2D eigenvalue weighted by Crippen LogP contribution is -2.34. The van der Waals surface area contributed by atoms with Crippen LogP contribution in [0.1, 0.15) is 0 Å². The minimum Gasteiger partial charge on any atom is -0.352 e. The number of rotatable bonds is 1. The molecule has 0 saturated heterocycles. The normalized spacial score (nSPS) is 9.55. The largest absolute Gasteiger partial charge is 0.352 e. The number of hydrogen-bond acceptors (Lipinski definition) is 2. The summed E-state index contributed by atoms with van der Waals surface area (Å²) >= 11 is 0. The molecule has 0 unspecified atom stereocenters. The molecule has 0 aromatic rings. The standard InChI is InChI=1S/C4H12NO.C2H6N2O/c1-5(2,3)4-6;1-4-2(3)5/h6H,4H2,1-3H3;1H3,(H3,3,4,5)/q+1;. The van der Waals surface area contributed by atoms with E-state index in [9.17, 15) is 4.79 Å². The van der Waals surface area contributed by atoms with Gasteiger partial charge in [-0.1, -0.05) is 0 Å². The van der Waals surface area contributed by atoms with E-state index in [-0.39, 0.29) is 6.73 Å². The van der Waals surface area contributed by atoms with Gasteiger partial charge in [-0.3, -0.25) is 0 Å². The first kappa shape index (κ1) is 12.8. The second-order valence-corrected chi connectivity index (χ2v) is 3.05. The van der Waals surface area contributed by atoms with Crippen molar-refractivity contribution in [1.29, 1.82) is 0 Å². The van der Waals surface area contributed by atoms with Crippen molar-refractivity contribution in [2.45, 2.75) is 0 Å². The van der Waals surface area contributed by atoms with Gasteiger partial charge in [-0.2, -0.15) is 0 Å². The highest BCUT2D eigenvalue weighted by Crippen LogP contribution is 1.81. The highest BCUT2D eigenvalue weighted by molar-refractivity contribution is 5.71. The van der Waals surface area contributed by atoms with Gasteiger partial charge in [0.1, 0.15) is 0 Å². The number of hydrogen-bond donors (Lipinski definition) is 3. The zero-order valence-electron chi connectivity index (χ0n) is 7.59. The van der Waals surface area contributed by atoms with Crippen LogP contribution in [0.4, 0.5) is 4.79 Å². The molecule has 2 amide bonds. The van der Waals surface area contributed by atoms with Crippen LogP contribution in [0.5, 0.6) is 0 Å².